The summed E-state index contributed by atoms with van der Waals surface area (Å²) < 4.78 is 5.62. The second-order valence-corrected chi connectivity index (χ2v) is 7.81. The molecule has 9 heteroatoms. The number of thioether (sulfide) groups is 1. The molecule has 2 rings (SSSR count). The zero-order chi connectivity index (χ0) is 18.2. The lowest BCUT2D eigenvalue weighted by Gasteiger charge is -2.06. The van der Waals surface area contributed by atoms with E-state index >= 15 is 0 Å². The second-order valence-electron chi connectivity index (χ2n) is 4.89. The Morgan fingerprint density at radius 2 is 2.16 bits per heavy atom. The Morgan fingerprint density at radius 3 is 2.88 bits per heavy atom. The van der Waals surface area contributed by atoms with Crippen molar-refractivity contribution in [3.05, 3.63) is 44.9 Å². The minimum Gasteiger partial charge on any atom is -0.466 e. The van der Waals surface area contributed by atoms with Gasteiger partial charge in [0, 0.05) is 22.0 Å². The van der Waals surface area contributed by atoms with Crippen LogP contribution in [0.3, 0.4) is 0 Å². The summed E-state index contributed by atoms with van der Waals surface area (Å²) in [6.07, 6.45) is 0.145. The van der Waals surface area contributed by atoms with Gasteiger partial charge in [-0.1, -0.05) is 41.0 Å². The molecule has 0 aliphatic carbocycles. The Bertz CT molecular complexity index is 753. The van der Waals surface area contributed by atoms with Gasteiger partial charge < -0.3 is 10.1 Å². The first-order chi connectivity index (χ1) is 12.0. The van der Waals surface area contributed by atoms with E-state index in [-0.39, 0.29) is 24.1 Å². The minimum absolute atomic E-state index is 0.127. The molecule has 1 aromatic heterocycles. The predicted molar refractivity (Wildman–Crippen MR) is 101 cm³/mol. The standard InChI is InChI=1S/C16H16Cl2N2O3S2/c1-2-23-15(22)6-12-8-24-16(20-12)25-9-14(21)19-7-10-3-4-11(17)5-13(10)18/h3-5,8H,2,6-7,9H2,1H3,(H,19,21). The molecule has 0 aliphatic heterocycles. The molecule has 0 unspecified atom stereocenters. The Labute approximate surface area is 164 Å². The third-order valence-corrected chi connectivity index (χ3v) is 5.64. The molecule has 0 spiro atoms. The number of hydrogen-bond donors (Lipinski definition) is 1. The van der Waals surface area contributed by atoms with Crippen LogP contribution in [0.2, 0.25) is 10.0 Å². The number of esters is 1. The molecule has 5 nitrogen and oxygen atoms in total. The monoisotopic (exact) mass is 418 g/mol. The van der Waals surface area contributed by atoms with E-state index in [0.29, 0.717) is 28.9 Å². The highest BCUT2D eigenvalue weighted by atomic mass is 35.5. The Hall–Kier alpha value is -1.28. The van der Waals surface area contributed by atoms with E-state index in [1.165, 1.54) is 23.1 Å². The Kier molecular flexibility index (Phi) is 8.02. The van der Waals surface area contributed by atoms with Crippen LogP contribution in [0.15, 0.2) is 27.9 Å². The highest BCUT2D eigenvalue weighted by Gasteiger charge is 2.11. The lowest BCUT2D eigenvalue weighted by molar-refractivity contribution is -0.142. The summed E-state index contributed by atoms with van der Waals surface area (Å²) in [5, 5.41) is 5.67. The van der Waals surface area contributed by atoms with Crippen molar-refractivity contribution in [3.63, 3.8) is 0 Å². The number of ether oxygens (including phenoxy) is 1. The SMILES string of the molecule is CCOC(=O)Cc1csc(SCC(=O)NCc2ccc(Cl)cc2Cl)n1. The van der Waals surface area contributed by atoms with Gasteiger partial charge in [0.05, 0.1) is 24.5 Å². The van der Waals surface area contributed by atoms with Crippen LogP contribution in [0, 0.1) is 0 Å². The van der Waals surface area contributed by atoms with E-state index in [1.54, 1.807) is 30.5 Å². The quantitative estimate of drug-likeness (QED) is 0.518. The van der Waals surface area contributed by atoms with Crippen molar-refractivity contribution in [2.45, 2.75) is 24.2 Å². The van der Waals surface area contributed by atoms with Crippen LogP contribution >= 0.6 is 46.3 Å². The Balaban J connectivity index is 1.76. The van der Waals surface area contributed by atoms with Crippen LogP contribution < -0.4 is 5.32 Å². The number of benzene rings is 1. The number of hydrogen-bond acceptors (Lipinski definition) is 6. The topological polar surface area (TPSA) is 68.3 Å². The molecule has 25 heavy (non-hydrogen) atoms. The van der Waals surface area contributed by atoms with Gasteiger partial charge in [-0.05, 0) is 24.6 Å². The zero-order valence-electron chi connectivity index (χ0n) is 13.4. The van der Waals surface area contributed by atoms with Crippen LogP contribution in [0.4, 0.5) is 0 Å². The first-order valence-corrected chi connectivity index (χ1v) is 10.0. The van der Waals surface area contributed by atoms with E-state index in [9.17, 15) is 9.59 Å². The summed E-state index contributed by atoms with van der Waals surface area (Å²) in [4.78, 5) is 27.7. The summed E-state index contributed by atoms with van der Waals surface area (Å²) >= 11 is 14.6. The van der Waals surface area contributed by atoms with E-state index in [2.05, 4.69) is 10.3 Å². The third-order valence-electron chi connectivity index (χ3n) is 2.98. The van der Waals surface area contributed by atoms with E-state index in [0.717, 1.165) is 9.90 Å². The number of thiazole rings is 1. The van der Waals surface area contributed by atoms with Crippen molar-refractivity contribution in [3.8, 4) is 0 Å². The maximum absolute atomic E-state index is 11.9. The number of halogens is 2. The van der Waals surface area contributed by atoms with Crippen molar-refractivity contribution < 1.29 is 14.3 Å². The van der Waals surface area contributed by atoms with Gasteiger partial charge in [0.2, 0.25) is 5.91 Å². The molecule has 0 saturated carbocycles. The molecule has 0 aliphatic rings. The smallest absolute Gasteiger partial charge is 0.311 e. The van der Waals surface area contributed by atoms with Crippen molar-refractivity contribution in [2.24, 2.45) is 0 Å². The molecule has 0 fully saturated rings. The fourth-order valence-corrected chi connectivity index (χ4v) is 3.98. The summed E-state index contributed by atoms with van der Waals surface area (Å²) in [6.45, 7) is 2.44. The predicted octanol–water partition coefficient (Wildman–Crippen LogP) is 3.96. The van der Waals surface area contributed by atoms with Gasteiger partial charge in [0.25, 0.3) is 0 Å². The van der Waals surface area contributed by atoms with Gasteiger partial charge in [-0.3, -0.25) is 9.59 Å². The fourth-order valence-electron chi connectivity index (χ4n) is 1.83. The molecule has 0 saturated heterocycles. The Morgan fingerprint density at radius 1 is 1.36 bits per heavy atom. The molecular weight excluding hydrogens is 403 g/mol. The zero-order valence-corrected chi connectivity index (χ0v) is 16.5. The minimum atomic E-state index is -0.304. The lowest BCUT2D eigenvalue weighted by Crippen LogP contribution is -2.24. The maximum Gasteiger partial charge on any atom is 0.311 e. The molecule has 1 N–H and O–H groups in total. The van der Waals surface area contributed by atoms with Crippen LogP contribution in [-0.4, -0.2) is 29.2 Å². The highest BCUT2D eigenvalue weighted by molar-refractivity contribution is 8.01. The number of nitrogens with one attached hydrogen (secondary N) is 1. The number of carbonyl (C=O) groups excluding carboxylic acids is 2. The van der Waals surface area contributed by atoms with Crippen LogP contribution in [-0.2, 0) is 27.3 Å². The summed E-state index contributed by atoms with van der Waals surface area (Å²) in [5.41, 5.74) is 1.45. The van der Waals surface area contributed by atoms with Gasteiger partial charge in [-0.25, -0.2) is 4.98 Å². The maximum atomic E-state index is 11.9. The number of rotatable bonds is 8. The van der Waals surface area contributed by atoms with Crippen LogP contribution in [0.1, 0.15) is 18.2 Å². The van der Waals surface area contributed by atoms with Crippen LogP contribution in [0.25, 0.3) is 0 Å². The molecular formula is C16H16Cl2N2O3S2. The first-order valence-electron chi connectivity index (χ1n) is 7.41. The normalized spacial score (nSPS) is 10.5. The molecule has 1 heterocycles. The molecule has 1 amide bonds. The van der Waals surface area contributed by atoms with Crippen molar-refractivity contribution >= 4 is 58.2 Å². The second kappa shape index (κ2) is 10.0. The van der Waals surface area contributed by atoms with Gasteiger partial charge in [-0.15, -0.1) is 11.3 Å². The van der Waals surface area contributed by atoms with Crippen molar-refractivity contribution in [1.29, 1.82) is 0 Å². The number of amides is 1. The number of aromatic nitrogens is 1. The summed E-state index contributed by atoms with van der Waals surface area (Å²) in [7, 11) is 0. The highest BCUT2D eigenvalue weighted by Crippen LogP contribution is 2.23. The average molecular weight is 419 g/mol. The number of nitrogens with zero attached hydrogens (tertiary/aromatic N) is 1. The third kappa shape index (κ3) is 6.86. The van der Waals surface area contributed by atoms with Gasteiger partial charge in [0.15, 0.2) is 4.34 Å². The molecule has 2 aromatic rings. The molecule has 0 radical (unpaired) electrons. The van der Waals surface area contributed by atoms with E-state index in [1.807, 2.05) is 0 Å². The van der Waals surface area contributed by atoms with E-state index < -0.39 is 0 Å². The molecule has 1 aromatic carbocycles. The van der Waals surface area contributed by atoms with Gasteiger partial charge in [-0.2, -0.15) is 0 Å². The van der Waals surface area contributed by atoms with Crippen LogP contribution in [0.5, 0.6) is 0 Å². The largest absolute Gasteiger partial charge is 0.466 e. The lowest BCUT2D eigenvalue weighted by atomic mass is 10.2. The molecule has 134 valence electrons. The fraction of sp³-hybridized carbons (Fsp3) is 0.312. The van der Waals surface area contributed by atoms with Crippen molar-refractivity contribution in [1.82, 2.24) is 10.3 Å². The summed E-state index contributed by atoms with van der Waals surface area (Å²) in [5.74, 6) is -0.197. The average Bonchev–Trinajstić information content (AvgIpc) is 2.99. The van der Waals surface area contributed by atoms with Gasteiger partial charge in [0.1, 0.15) is 0 Å². The summed E-state index contributed by atoms with van der Waals surface area (Å²) in [6, 6.07) is 5.14. The molecule has 0 atom stereocenters. The number of carbonyl (C=O) groups is 2. The molecule has 0 bridgehead atoms. The van der Waals surface area contributed by atoms with Gasteiger partial charge >= 0.3 is 5.97 Å². The van der Waals surface area contributed by atoms with E-state index in [4.69, 9.17) is 27.9 Å². The first kappa shape index (κ1) is 20.0. The van der Waals surface area contributed by atoms with Crippen molar-refractivity contribution in [2.75, 3.05) is 12.4 Å².